The summed E-state index contributed by atoms with van der Waals surface area (Å²) >= 11 is 5.41. The molecular formula is C7H11ClF3NO2S. The number of hydrogen-bond donors (Lipinski definition) is 1. The molecule has 0 saturated carbocycles. The van der Waals surface area contributed by atoms with Gasteiger partial charge in [-0.05, 0) is 11.8 Å². The van der Waals surface area contributed by atoms with Crippen molar-refractivity contribution in [3.05, 3.63) is 0 Å². The quantitative estimate of drug-likeness (QED) is 0.450. The first kappa shape index (κ1) is 14.9. The molecule has 0 aromatic carbocycles. The summed E-state index contributed by atoms with van der Waals surface area (Å²) in [5.41, 5.74) is -4.22. The summed E-state index contributed by atoms with van der Waals surface area (Å²) in [6.45, 7) is 0.219. The van der Waals surface area contributed by atoms with Crippen molar-refractivity contribution in [1.82, 2.24) is 5.32 Å². The summed E-state index contributed by atoms with van der Waals surface area (Å²) in [4.78, 5) is 10.8. The molecule has 0 aliphatic carbocycles. The maximum absolute atomic E-state index is 11.7. The van der Waals surface area contributed by atoms with Gasteiger partial charge in [0, 0.05) is 18.8 Å². The number of methoxy groups -OCH3 is 1. The molecule has 1 atom stereocenters. The molecule has 1 unspecified atom stereocenters. The number of halogens is 4. The summed E-state index contributed by atoms with van der Waals surface area (Å²) in [6.07, 6.45) is 0. The molecule has 0 aliphatic heterocycles. The van der Waals surface area contributed by atoms with E-state index in [0.717, 1.165) is 0 Å². The Hall–Kier alpha value is -0.140. The minimum atomic E-state index is -4.22. The van der Waals surface area contributed by atoms with Gasteiger partial charge in [-0.3, -0.25) is 4.79 Å². The number of ether oxygens (including phenoxy) is 1. The molecule has 0 saturated heterocycles. The Morgan fingerprint density at radius 3 is 2.67 bits per heavy atom. The number of nitrogens with one attached hydrogen (secondary N) is 1. The lowest BCUT2D eigenvalue weighted by molar-refractivity contribution is -0.140. The lowest BCUT2D eigenvalue weighted by atomic mass is 10.4. The molecule has 0 aromatic heterocycles. The zero-order valence-electron chi connectivity index (χ0n) is 7.94. The van der Waals surface area contributed by atoms with Gasteiger partial charge < -0.3 is 10.1 Å². The standard InChI is InChI=1S/C7H11ClF3NO2S/c1-14-6(13)5(8)4-12-2-3-15-7(9,10)11/h5,12H,2-4H2,1H3. The fourth-order valence-electron chi connectivity index (χ4n) is 0.679. The number of esters is 1. The molecule has 0 rings (SSSR count). The van der Waals surface area contributed by atoms with Crippen molar-refractivity contribution in [2.24, 2.45) is 0 Å². The van der Waals surface area contributed by atoms with E-state index >= 15 is 0 Å². The van der Waals surface area contributed by atoms with Crippen LogP contribution in [0.4, 0.5) is 13.2 Å². The summed E-state index contributed by atoms with van der Waals surface area (Å²) in [5.74, 6) is -0.721. The number of carbonyl (C=O) groups is 1. The first-order valence-electron chi connectivity index (χ1n) is 4.00. The third-order valence-corrected chi connectivity index (χ3v) is 2.39. The fraction of sp³-hybridized carbons (Fsp3) is 0.857. The molecule has 15 heavy (non-hydrogen) atoms. The van der Waals surface area contributed by atoms with E-state index in [2.05, 4.69) is 10.1 Å². The van der Waals surface area contributed by atoms with Crippen molar-refractivity contribution >= 4 is 29.3 Å². The van der Waals surface area contributed by atoms with E-state index in [-0.39, 0.29) is 30.6 Å². The SMILES string of the molecule is COC(=O)C(Cl)CNCCSC(F)(F)F. The highest BCUT2D eigenvalue weighted by atomic mass is 35.5. The summed E-state index contributed by atoms with van der Waals surface area (Å²) in [7, 11) is 1.19. The van der Waals surface area contributed by atoms with Gasteiger partial charge in [-0.15, -0.1) is 11.6 Å². The molecule has 0 heterocycles. The molecule has 90 valence electrons. The Balaban J connectivity index is 3.43. The van der Waals surface area contributed by atoms with Crippen LogP contribution in [0.5, 0.6) is 0 Å². The summed E-state index contributed by atoms with van der Waals surface area (Å²) < 4.78 is 39.3. The fourth-order valence-corrected chi connectivity index (χ4v) is 1.35. The van der Waals surface area contributed by atoms with Crippen LogP contribution in [0.25, 0.3) is 0 Å². The maximum atomic E-state index is 11.7. The number of thioether (sulfide) groups is 1. The highest BCUT2D eigenvalue weighted by molar-refractivity contribution is 8.00. The first-order chi connectivity index (χ1) is 6.87. The minimum absolute atomic E-state index is 0.0899. The Labute approximate surface area is 94.7 Å². The summed E-state index contributed by atoms with van der Waals surface area (Å²) in [5, 5.41) is 1.75. The van der Waals surface area contributed by atoms with Crippen LogP contribution in [0.1, 0.15) is 0 Å². The van der Waals surface area contributed by atoms with Crippen molar-refractivity contribution in [3.63, 3.8) is 0 Å². The van der Waals surface area contributed by atoms with E-state index in [1.54, 1.807) is 0 Å². The minimum Gasteiger partial charge on any atom is -0.468 e. The predicted octanol–water partition coefficient (Wildman–Crippen LogP) is 1.61. The van der Waals surface area contributed by atoms with E-state index in [1.807, 2.05) is 0 Å². The zero-order chi connectivity index (χ0) is 11.9. The normalized spacial score (nSPS) is 13.7. The smallest absolute Gasteiger partial charge is 0.441 e. The van der Waals surface area contributed by atoms with Crippen LogP contribution in [-0.4, -0.2) is 42.8 Å². The van der Waals surface area contributed by atoms with Gasteiger partial charge >= 0.3 is 11.5 Å². The van der Waals surface area contributed by atoms with E-state index in [0.29, 0.717) is 0 Å². The number of rotatable bonds is 6. The lowest BCUT2D eigenvalue weighted by Crippen LogP contribution is -2.31. The number of hydrogen-bond acceptors (Lipinski definition) is 4. The van der Waals surface area contributed by atoms with E-state index in [4.69, 9.17) is 11.6 Å². The first-order valence-corrected chi connectivity index (χ1v) is 5.42. The van der Waals surface area contributed by atoms with Crippen LogP contribution in [0.2, 0.25) is 0 Å². The highest BCUT2D eigenvalue weighted by Gasteiger charge is 2.27. The molecule has 0 fully saturated rings. The largest absolute Gasteiger partial charge is 0.468 e. The van der Waals surface area contributed by atoms with Gasteiger partial charge in [0.15, 0.2) is 0 Å². The predicted molar refractivity (Wildman–Crippen MR) is 53.0 cm³/mol. The van der Waals surface area contributed by atoms with Gasteiger partial charge in [0.1, 0.15) is 5.38 Å². The van der Waals surface area contributed by atoms with Crippen LogP contribution >= 0.6 is 23.4 Å². The molecule has 0 aliphatic rings. The molecular weight excluding hydrogens is 255 g/mol. The molecule has 0 spiro atoms. The van der Waals surface area contributed by atoms with E-state index < -0.39 is 16.9 Å². The van der Waals surface area contributed by atoms with Gasteiger partial charge in [0.25, 0.3) is 0 Å². The molecule has 8 heteroatoms. The second-order valence-electron chi connectivity index (χ2n) is 2.49. The van der Waals surface area contributed by atoms with Crippen molar-refractivity contribution in [3.8, 4) is 0 Å². The number of carbonyl (C=O) groups excluding carboxylic acids is 1. The lowest BCUT2D eigenvalue weighted by Gasteiger charge is -2.09. The van der Waals surface area contributed by atoms with Crippen LogP contribution in [-0.2, 0) is 9.53 Å². The molecule has 0 radical (unpaired) electrons. The Kier molecular flexibility index (Phi) is 7.12. The third kappa shape index (κ3) is 8.83. The zero-order valence-corrected chi connectivity index (χ0v) is 9.51. The van der Waals surface area contributed by atoms with Crippen LogP contribution < -0.4 is 5.32 Å². The molecule has 0 aromatic rings. The monoisotopic (exact) mass is 265 g/mol. The maximum Gasteiger partial charge on any atom is 0.441 e. The topological polar surface area (TPSA) is 38.3 Å². The molecule has 1 N–H and O–H groups in total. The van der Waals surface area contributed by atoms with Gasteiger partial charge in [0.05, 0.1) is 7.11 Å². The molecule has 3 nitrogen and oxygen atoms in total. The average molecular weight is 266 g/mol. The van der Waals surface area contributed by atoms with Crippen LogP contribution in [0, 0.1) is 0 Å². The van der Waals surface area contributed by atoms with Crippen molar-refractivity contribution in [2.75, 3.05) is 26.0 Å². The highest BCUT2D eigenvalue weighted by Crippen LogP contribution is 2.29. The van der Waals surface area contributed by atoms with Crippen molar-refractivity contribution in [1.29, 1.82) is 0 Å². The Morgan fingerprint density at radius 1 is 1.60 bits per heavy atom. The van der Waals surface area contributed by atoms with Gasteiger partial charge in [0.2, 0.25) is 0 Å². The van der Waals surface area contributed by atoms with Crippen molar-refractivity contribution in [2.45, 2.75) is 10.9 Å². The third-order valence-electron chi connectivity index (χ3n) is 1.33. The van der Waals surface area contributed by atoms with Crippen LogP contribution in [0.3, 0.4) is 0 Å². The van der Waals surface area contributed by atoms with E-state index in [9.17, 15) is 18.0 Å². The Bertz CT molecular complexity index is 203. The second kappa shape index (κ2) is 7.19. The number of alkyl halides is 4. The van der Waals surface area contributed by atoms with E-state index in [1.165, 1.54) is 7.11 Å². The van der Waals surface area contributed by atoms with Gasteiger partial charge in [-0.1, -0.05) is 0 Å². The molecule has 0 amide bonds. The second-order valence-corrected chi connectivity index (χ2v) is 4.18. The van der Waals surface area contributed by atoms with Crippen LogP contribution in [0.15, 0.2) is 0 Å². The molecule has 0 bridgehead atoms. The van der Waals surface area contributed by atoms with Gasteiger partial charge in [-0.25, -0.2) is 0 Å². The summed E-state index contributed by atoms with van der Waals surface area (Å²) in [6, 6.07) is 0. The van der Waals surface area contributed by atoms with Crippen molar-refractivity contribution < 1.29 is 22.7 Å². The Morgan fingerprint density at radius 2 is 2.20 bits per heavy atom. The van der Waals surface area contributed by atoms with Gasteiger partial charge in [-0.2, -0.15) is 13.2 Å². The average Bonchev–Trinajstić information content (AvgIpc) is 2.14.